The first-order chi connectivity index (χ1) is 12.5. The standard InChI is InChI=1S/C20H24ClN3O3/c1-9(2)15-13-14(17(26)24(16(13)25)19(3,4)5)20(23-15)11-8-10(21)6-7-12(11)22-18(20)27/h6-9,13-15,23H,1-5H3,(H,22,27)/t13-,14-,15?,20?/m0/s1. The van der Waals surface area contributed by atoms with Crippen molar-refractivity contribution in [3.05, 3.63) is 28.8 Å². The van der Waals surface area contributed by atoms with E-state index in [4.69, 9.17) is 11.6 Å². The molecule has 3 heterocycles. The minimum atomic E-state index is -1.27. The summed E-state index contributed by atoms with van der Waals surface area (Å²) in [5, 5.41) is 6.76. The molecular formula is C20H24ClN3O3. The van der Waals surface area contributed by atoms with E-state index in [1.165, 1.54) is 4.90 Å². The fraction of sp³-hybridized carbons (Fsp3) is 0.550. The van der Waals surface area contributed by atoms with Crippen LogP contribution in [0.4, 0.5) is 5.69 Å². The molecule has 3 amide bonds. The van der Waals surface area contributed by atoms with E-state index >= 15 is 0 Å². The summed E-state index contributed by atoms with van der Waals surface area (Å²) in [5.74, 6) is -2.08. The molecule has 2 saturated heterocycles. The van der Waals surface area contributed by atoms with Crippen molar-refractivity contribution in [1.82, 2.24) is 10.2 Å². The highest BCUT2D eigenvalue weighted by Crippen LogP contribution is 2.55. The van der Waals surface area contributed by atoms with Gasteiger partial charge >= 0.3 is 0 Å². The van der Waals surface area contributed by atoms with Gasteiger partial charge in [0.05, 0.1) is 11.8 Å². The van der Waals surface area contributed by atoms with Crippen LogP contribution < -0.4 is 10.6 Å². The normalized spacial score (nSPS) is 32.5. The number of rotatable bonds is 1. The number of benzene rings is 1. The van der Waals surface area contributed by atoms with Crippen molar-refractivity contribution in [2.24, 2.45) is 17.8 Å². The summed E-state index contributed by atoms with van der Waals surface area (Å²) in [6.07, 6.45) is 0. The fourth-order valence-electron chi connectivity index (χ4n) is 4.94. The first kappa shape index (κ1) is 18.4. The molecule has 1 aromatic carbocycles. The van der Waals surface area contributed by atoms with Crippen molar-refractivity contribution in [2.45, 2.75) is 51.7 Å². The number of hydrogen-bond donors (Lipinski definition) is 2. The van der Waals surface area contributed by atoms with Gasteiger partial charge in [0.1, 0.15) is 5.54 Å². The van der Waals surface area contributed by atoms with Gasteiger partial charge in [-0.15, -0.1) is 0 Å². The van der Waals surface area contributed by atoms with Gasteiger partial charge < -0.3 is 5.32 Å². The van der Waals surface area contributed by atoms with E-state index in [-0.39, 0.29) is 29.7 Å². The third-order valence-corrected chi connectivity index (χ3v) is 6.24. The van der Waals surface area contributed by atoms with E-state index in [1.54, 1.807) is 18.2 Å². The number of likely N-dealkylation sites (tertiary alicyclic amines) is 1. The van der Waals surface area contributed by atoms with Crippen molar-refractivity contribution < 1.29 is 14.4 Å². The maximum atomic E-state index is 13.5. The van der Waals surface area contributed by atoms with Crippen LogP contribution in [0, 0.1) is 17.8 Å². The van der Waals surface area contributed by atoms with E-state index in [0.29, 0.717) is 16.3 Å². The predicted molar refractivity (Wildman–Crippen MR) is 102 cm³/mol. The largest absolute Gasteiger partial charge is 0.324 e. The second-order valence-corrected chi connectivity index (χ2v) is 9.49. The Balaban J connectivity index is 1.95. The number of fused-ring (bicyclic) bond motifs is 4. The van der Waals surface area contributed by atoms with Crippen LogP contribution in [-0.2, 0) is 19.9 Å². The lowest BCUT2D eigenvalue weighted by Gasteiger charge is -2.35. The number of anilines is 1. The number of imide groups is 1. The number of hydrogen-bond acceptors (Lipinski definition) is 4. The average Bonchev–Trinajstić information content (AvgIpc) is 3.13. The molecule has 2 unspecified atom stereocenters. The molecule has 0 bridgehead atoms. The highest BCUT2D eigenvalue weighted by molar-refractivity contribution is 6.31. The van der Waals surface area contributed by atoms with Crippen LogP contribution in [0.3, 0.4) is 0 Å². The Bertz CT molecular complexity index is 876. The summed E-state index contributed by atoms with van der Waals surface area (Å²) in [7, 11) is 0. The minimum Gasteiger partial charge on any atom is -0.324 e. The minimum absolute atomic E-state index is 0.0737. The highest BCUT2D eigenvalue weighted by atomic mass is 35.5. The van der Waals surface area contributed by atoms with Crippen LogP contribution in [0.25, 0.3) is 0 Å². The molecular weight excluding hydrogens is 366 g/mol. The van der Waals surface area contributed by atoms with Gasteiger partial charge in [0.25, 0.3) is 0 Å². The third kappa shape index (κ3) is 2.26. The number of carbonyl (C=O) groups excluding carboxylic acids is 3. The lowest BCUT2D eigenvalue weighted by Crippen LogP contribution is -2.56. The summed E-state index contributed by atoms with van der Waals surface area (Å²) in [6, 6.07) is 4.88. The van der Waals surface area contributed by atoms with Crippen LogP contribution in [0.2, 0.25) is 5.02 Å². The van der Waals surface area contributed by atoms with E-state index in [1.807, 2.05) is 34.6 Å². The van der Waals surface area contributed by atoms with Crippen molar-refractivity contribution in [1.29, 1.82) is 0 Å². The van der Waals surface area contributed by atoms with Crippen molar-refractivity contribution in [2.75, 3.05) is 5.32 Å². The van der Waals surface area contributed by atoms with Crippen LogP contribution >= 0.6 is 11.6 Å². The molecule has 0 aromatic heterocycles. The maximum Gasteiger partial charge on any atom is 0.250 e. The zero-order valence-corrected chi connectivity index (χ0v) is 16.8. The van der Waals surface area contributed by atoms with Gasteiger partial charge in [-0.3, -0.25) is 24.6 Å². The van der Waals surface area contributed by atoms with Gasteiger partial charge in [-0.25, -0.2) is 0 Å². The number of nitrogens with one attached hydrogen (secondary N) is 2. The second-order valence-electron chi connectivity index (χ2n) is 9.05. The van der Waals surface area contributed by atoms with Gasteiger partial charge in [0.2, 0.25) is 17.7 Å². The van der Waals surface area contributed by atoms with E-state index < -0.39 is 22.9 Å². The average molecular weight is 390 g/mol. The SMILES string of the molecule is CC(C)C1NC2(C(=O)Nc3ccc(Cl)cc32)[C@@H]2C(=O)N(C(C)(C)C)C(=O)[C@H]12. The van der Waals surface area contributed by atoms with Gasteiger partial charge in [-0.1, -0.05) is 25.4 Å². The molecule has 1 aromatic rings. The predicted octanol–water partition coefficient (Wildman–Crippen LogP) is 2.51. The summed E-state index contributed by atoms with van der Waals surface area (Å²) in [5.41, 5.74) is -0.635. The molecule has 2 fully saturated rings. The Labute approximate surface area is 163 Å². The number of carbonyl (C=O) groups is 3. The molecule has 4 rings (SSSR count). The lowest BCUT2D eigenvalue weighted by molar-refractivity contribution is -0.148. The number of amides is 3. The van der Waals surface area contributed by atoms with Crippen molar-refractivity contribution >= 4 is 35.0 Å². The molecule has 0 aliphatic carbocycles. The molecule has 1 spiro atoms. The van der Waals surface area contributed by atoms with Crippen LogP contribution in [0.15, 0.2) is 18.2 Å². The Hall–Kier alpha value is -1.92. The second kappa shape index (κ2) is 5.55. The topological polar surface area (TPSA) is 78.5 Å². The van der Waals surface area contributed by atoms with Crippen molar-refractivity contribution in [3.8, 4) is 0 Å². The highest BCUT2D eigenvalue weighted by Gasteiger charge is 2.71. The number of halogens is 1. The summed E-state index contributed by atoms with van der Waals surface area (Å²) < 4.78 is 0. The summed E-state index contributed by atoms with van der Waals surface area (Å²) >= 11 is 6.21. The maximum absolute atomic E-state index is 13.5. The first-order valence-corrected chi connectivity index (χ1v) is 9.65. The molecule has 3 aliphatic rings. The fourth-order valence-corrected chi connectivity index (χ4v) is 5.11. The van der Waals surface area contributed by atoms with E-state index in [0.717, 1.165) is 0 Å². The Morgan fingerprint density at radius 1 is 1.15 bits per heavy atom. The van der Waals surface area contributed by atoms with E-state index in [2.05, 4.69) is 10.6 Å². The van der Waals surface area contributed by atoms with Crippen LogP contribution in [0.1, 0.15) is 40.2 Å². The molecule has 0 radical (unpaired) electrons. The molecule has 4 atom stereocenters. The van der Waals surface area contributed by atoms with E-state index in [9.17, 15) is 14.4 Å². The molecule has 6 nitrogen and oxygen atoms in total. The smallest absolute Gasteiger partial charge is 0.250 e. The van der Waals surface area contributed by atoms with Crippen molar-refractivity contribution in [3.63, 3.8) is 0 Å². The molecule has 3 aliphatic heterocycles. The molecule has 144 valence electrons. The number of nitrogens with zero attached hydrogens (tertiary/aromatic N) is 1. The van der Waals surface area contributed by atoms with Gasteiger partial charge in [0.15, 0.2) is 0 Å². The van der Waals surface area contributed by atoms with Gasteiger partial charge in [0, 0.05) is 27.9 Å². The molecule has 0 saturated carbocycles. The Kier molecular flexibility index (Phi) is 3.79. The lowest BCUT2D eigenvalue weighted by atomic mass is 9.76. The zero-order valence-electron chi connectivity index (χ0n) is 16.1. The molecule has 7 heteroatoms. The Morgan fingerprint density at radius 3 is 2.41 bits per heavy atom. The summed E-state index contributed by atoms with van der Waals surface area (Å²) in [6.45, 7) is 9.52. The molecule has 27 heavy (non-hydrogen) atoms. The zero-order chi connectivity index (χ0) is 19.9. The third-order valence-electron chi connectivity index (χ3n) is 6.00. The van der Waals surface area contributed by atoms with Gasteiger partial charge in [-0.05, 0) is 44.9 Å². The monoisotopic (exact) mass is 389 g/mol. The Morgan fingerprint density at radius 2 is 1.81 bits per heavy atom. The van der Waals surface area contributed by atoms with Gasteiger partial charge in [-0.2, -0.15) is 0 Å². The molecule has 2 N–H and O–H groups in total. The quantitative estimate of drug-likeness (QED) is 0.723. The van der Waals surface area contributed by atoms with Crippen LogP contribution in [0.5, 0.6) is 0 Å². The van der Waals surface area contributed by atoms with Crippen LogP contribution in [-0.4, -0.2) is 34.2 Å². The summed E-state index contributed by atoms with van der Waals surface area (Å²) in [4.78, 5) is 41.3. The first-order valence-electron chi connectivity index (χ1n) is 9.27.